The summed E-state index contributed by atoms with van der Waals surface area (Å²) in [4.78, 5) is 36.4. The van der Waals surface area contributed by atoms with Crippen LogP contribution in [0.15, 0.2) is 18.2 Å². The lowest BCUT2D eigenvalue weighted by Crippen LogP contribution is -2.38. The van der Waals surface area contributed by atoms with Crippen molar-refractivity contribution in [3.8, 4) is 5.75 Å². The number of carbonyl (C=O) groups excluding carboxylic acids is 3. The molecule has 0 atom stereocenters. The summed E-state index contributed by atoms with van der Waals surface area (Å²) in [6, 6.07) is 4.53. The zero-order valence-electron chi connectivity index (χ0n) is 12.9. The molecule has 0 aliphatic carbocycles. The number of aromatic hydroxyl groups is 1. The van der Waals surface area contributed by atoms with Crippen LogP contribution in [0.4, 0.5) is 0 Å². The summed E-state index contributed by atoms with van der Waals surface area (Å²) in [7, 11) is 0. The Labute approximate surface area is 148 Å². The third-order valence-corrected chi connectivity index (χ3v) is 4.64. The van der Waals surface area contributed by atoms with Crippen LogP contribution in [0.5, 0.6) is 5.75 Å². The van der Waals surface area contributed by atoms with Crippen LogP contribution in [-0.2, 0) is 14.3 Å². The van der Waals surface area contributed by atoms with E-state index in [1.807, 2.05) is 0 Å². The van der Waals surface area contributed by atoms with Gasteiger partial charge in [-0.1, -0.05) is 30.0 Å². The zero-order chi connectivity index (χ0) is 17.7. The first kappa shape index (κ1) is 18.2. The Hall–Kier alpha value is -2.13. The van der Waals surface area contributed by atoms with Gasteiger partial charge < -0.3 is 15.2 Å². The molecule has 2 N–H and O–H groups in total. The predicted molar refractivity (Wildman–Crippen MR) is 92.9 cm³/mol. The van der Waals surface area contributed by atoms with Gasteiger partial charge in [-0.15, -0.1) is 0 Å². The number of hydrogen-bond acceptors (Lipinski definition) is 7. The molecule has 1 aromatic rings. The molecule has 128 valence electrons. The average Bonchev–Trinajstić information content (AvgIpc) is 2.84. The number of hydrogen-bond donors (Lipinski definition) is 2. The van der Waals surface area contributed by atoms with Crippen molar-refractivity contribution in [3.05, 3.63) is 29.3 Å². The maximum absolute atomic E-state index is 11.8. The SMILES string of the molecule is Cc1ccc(C(=O)OCC(=O)NCCN2C(=O)CSC2=S)c(O)c1. The van der Waals surface area contributed by atoms with Crippen molar-refractivity contribution in [2.24, 2.45) is 0 Å². The number of nitrogens with zero attached hydrogens (tertiary/aromatic N) is 1. The van der Waals surface area contributed by atoms with Gasteiger partial charge in [0.25, 0.3) is 5.91 Å². The summed E-state index contributed by atoms with van der Waals surface area (Å²) in [5, 5.41) is 12.2. The minimum Gasteiger partial charge on any atom is -0.507 e. The molecule has 2 amide bonds. The fourth-order valence-electron chi connectivity index (χ4n) is 1.98. The summed E-state index contributed by atoms with van der Waals surface area (Å²) in [5.74, 6) is -1.24. The van der Waals surface area contributed by atoms with Crippen LogP contribution in [0.2, 0.25) is 0 Å². The molecular weight excluding hydrogens is 352 g/mol. The van der Waals surface area contributed by atoms with Gasteiger partial charge in [0.1, 0.15) is 15.6 Å². The van der Waals surface area contributed by atoms with Crippen LogP contribution in [0.3, 0.4) is 0 Å². The van der Waals surface area contributed by atoms with E-state index in [9.17, 15) is 19.5 Å². The summed E-state index contributed by atoms with van der Waals surface area (Å²) >= 11 is 6.31. The summed E-state index contributed by atoms with van der Waals surface area (Å²) < 4.78 is 5.35. The Kier molecular flexibility index (Phi) is 6.16. The largest absolute Gasteiger partial charge is 0.507 e. The molecule has 1 saturated heterocycles. The molecule has 0 unspecified atom stereocenters. The van der Waals surface area contributed by atoms with E-state index in [-0.39, 0.29) is 30.3 Å². The van der Waals surface area contributed by atoms with Gasteiger partial charge >= 0.3 is 5.97 Å². The number of phenols is 1. The minimum atomic E-state index is -0.782. The van der Waals surface area contributed by atoms with Crippen molar-refractivity contribution in [2.75, 3.05) is 25.4 Å². The van der Waals surface area contributed by atoms with Crippen LogP contribution >= 0.6 is 24.0 Å². The molecule has 9 heteroatoms. The van der Waals surface area contributed by atoms with Crippen LogP contribution in [0.1, 0.15) is 15.9 Å². The first-order valence-corrected chi connectivity index (χ1v) is 8.48. The van der Waals surface area contributed by atoms with E-state index >= 15 is 0 Å². The van der Waals surface area contributed by atoms with Gasteiger partial charge in [0.2, 0.25) is 5.91 Å². The van der Waals surface area contributed by atoms with Crippen LogP contribution in [0, 0.1) is 6.92 Å². The molecule has 1 aromatic carbocycles. The average molecular weight is 368 g/mol. The molecule has 0 saturated carbocycles. The second-order valence-corrected chi connectivity index (χ2v) is 6.66. The number of rotatable bonds is 6. The predicted octanol–water partition coefficient (Wildman–Crippen LogP) is 0.834. The smallest absolute Gasteiger partial charge is 0.342 e. The van der Waals surface area contributed by atoms with Crippen molar-refractivity contribution in [2.45, 2.75) is 6.92 Å². The van der Waals surface area contributed by atoms with E-state index in [1.165, 1.54) is 28.8 Å². The number of carbonyl (C=O) groups is 3. The van der Waals surface area contributed by atoms with E-state index in [4.69, 9.17) is 17.0 Å². The molecule has 7 nitrogen and oxygen atoms in total. The number of aryl methyl sites for hydroxylation is 1. The normalized spacial score (nSPS) is 14.0. The van der Waals surface area contributed by atoms with Gasteiger partial charge in [-0.05, 0) is 24.6 Å². The number of thioether (sulfide) groups is 1. The van der Waals surface area contributed by atoms with E-state index in [2.05, 4.69) is 5.32 Å². The lowest BCUT2D eigenvalue weighted by atomic mass is 10.1. The van der Waals surface area contributed by atoms with Gasteiger partial charge in [0, 0.05) is 13.1 Å². The minimum absolute atomic E-state index is 0.00145. The second kappa shape index (κ2) is 8.11. The number of phenolic OH excluding ortho intramolecular Hbond substituents is 1. The van der Waals surface area contributed by atoms with Gasteiger partial charge in [-0.3, -0.25) is 14.5 Å². The van der Waals surface area contributed by atoms with Crippen molar-refractivity contribution >= 4 is 46.1 Å². The van der Waals surface area contributed by atoms with Crippen molar-refractivity contribution in [1.82, 2.24) is 10.2 Å². The summed E-state index contributed by atoms with van der Waals surface area (Å²) in [5.41, 5.74) is 0.799. The topological polar surface area (TPSA) is 95.9 Å². The number of esters is 1. The van der Waals surface area contributed by atoms with E-state index in [0.29, 0.717) is 10.1 Å². The molecule has 1 fully saturated rings. The molecule has 1 aliphatic heterocycles. The maximum atomic E-state index is 11.8. The van der Waals surface area contributed by atoms with Gasteiger partial charge in [-0.25, -0.2) is 4.79 Å². The van der Waals surface area contributed by atoms with Crippen molar-refractivity contribution in [3.63, 3.8) is 0 Å². The molecule has 0 radical (unpaired) electrons. The fourth-order valence-corrected chi connectivity index (χ4v) is 3.10. The molecule has 1 aliphatic rings. The number of thiocarbonyl (C=S) groups is 1. The van der Waals surface area contributed by atoms with Crippen molar-refractivity contribution < 1.29 is 24.2 Å². The lowest BCUT2D eigenvalue weighted by Gasteiger charge is -2.15. The highest BCUT2D eigenvalue weighted by molar-refractivity contribution is 8.23. The summed E-state index contributed by atoms with van der Waals surface area (Å²) in [6.07, 6.45) is 0. The number of benzene rings is 1. The first-order chi connectivity index (χ1) is 11.4. The quantitative estimate of drug-likeness (QED) is 0.567. The number of ether oxygens (including phenoxy) is 1. The highest BCUT2D eigenvalue weighted by atomic mass is 32.2. The van der Waals surface area contributed by atoms with Gasteiger partial charge in [0.15, 0.2) is 6.61 Å². The van der Waals surface area contributed by atoms with Crippen LogP contribution < -0.4 is 5.32 Å². The molecule has 0 aromatic heterocycles. The Morgan fingerprint density at radius 1 is 1.46 bits per heavy atom. The van der Waals surface area contributed by atoms with Crippen LogP contribution in [0.25, 0.3) is 0 Å². The van der Waals surface area contributed by atoms with Crippen molar-refractivity contribution in [1.29, 1.82) is 0 Å². The molecular formula is C15H16N2O5S2. The van der Waals surface area contributed by atoms with Gasteiger partial charge in [0.05, 0.1) is 5.75 Å². The standard InChI is InChI=1S/C15H16N2O5S2/c1-9-2-3-10(11(18)6-9)14(21)22-7-12(19)16-4-5-17-13(20)8-24-15(17)23/h2-3,6,18H,4-5,7-8H2,1H3,(H,16,19). The Bertz CT molecular complexity index is 676. The first-order valence-electron chi connectivity index (χ1n) is 7.09. The highest BCUT2D eigenvalue weighted by Crippen LogP contribution is 2.19. The molecule has 24 heavy (non-hydrogen) atoms. The Morgan fingerprint density at radius 3 is 2.83 bits per heavy atom. The maximum Gasteiger partial charge on any atom is 0.342 e. The molecule has 0 bridgehead atoms. The van der Waals surface area contributed by atoms with E-state index < -0.39 is 18.5 Å². The molecule has 0 spiro atoms. The van der Waals surface area contributed by atoms with E-state index in [0.717, 1.165) is 5.56 Å². The summed E-state index contributed by atoms with van der Waals surface area (Å²) in [6.45, 7) is 1.79. The Balaban J connectivity index is 1.74. The lowest BCUT2D eigenvalue weighted by molar-refractivity contribution is -0.126. The van der Waals surface area contributed by atoms with Crippen LogP contribution in [-0.4, -0.2) is 57.6 Å². The third kappa shape index (κ3) is 4.68. The molecule has 1 heterocycles. The third-order valence-electron chi connectivity index (χ3n) is 3.21. The van der Waals surface area contributed by atoms with E-state index in [1.54, 1.807) is 13.0 Å². The molecule has 2 rings (SSSR count). The monoisotopic (exact) mass is 368 g/mol. The number of nitrogens with one attached hydrogen (secondary N) is 1. The zero-order valence-corrected chi connectivity index (χ0v) is 14.5. The fraction of sp³-hybridized carbons (Fsp3) is 0.333. The Morgan fingerprint density at radius 2 is 2.21 bits per heavy atom. The van der Waals surface area contributed by atoms with Gasteiger partial charge in [-0.2, -0.15) is 0 Å². The second-order valence-electron chi connectivity index (χ2n) is 5.05. The highest BCUT2D eigenvalue weighted by Gasteiger charge is 2.26. The number of amides is 2.